The van der Waals surface area contributed by atoms with Crippen molar-refractivity contribution < 1.29 is 9.84 Å². The van der Waals surface area contributed by atoms with E-state index < -0.39 is 0 Å². The first-order valence-corrected chi connectivity index (χ1v) is 6.46. The lowest BCUT2D eigenvalue weighted by atomic mass is 10.1. The summed E-state index contributed by atoms with van der Waals surface area (Å²) in [6.45, 7) is 0.655. The maximum absolute atomic E-state index is 8.72. The molecule has 5 heteroatoms. The van der Waals surface area contributed by atoms with Crippen LogP contribution in [0.3, 0.4) is 0 Å². The van der Waals surface area contributed by atoms with Crippen LogP contribution >= 0.6 is 11.8 Å². The van der Waals surface area contributed by atoms with Crippen LogP contribution in [-0.4, -0.2) is 29.4 Å². The molecule has 0 saturated carbocycles. The summed E-state index contributed by atoms with van der Waals surface area (Å²) in [5, 5.41) is 16.2. The molecule has 0 spiro atoms. The molecule has 17 heavy (non-hydrogen) atoms. The van der Waals surface area contributed by atoms with Crippen LogP contribution in [0.4, 0.5) is 0 Å². The highest BCUT2D eigenvalue weighted by atomic mass is 32.2. The maximum Gasteiger partial charge on any atom is 0.123 e. The van der Waals surface area contributed by atoms with Crippen molar-refractivity contribution in [1.82, 2.24) is 0 Å². The number of fused-ring (bicyclic) bond motifs is 1. The van der Waals surface area contributed by atoms with E-state index in [0.717, 1.165) is 22.6 Å². The summed E-state index contributed by atoms with van der Waals surface area (Å²) in [6, 6.07) is 5.91. The van der Waals surface area contributed by atoms with Gasteiger partial charge in [-0.05, 0) is 18.6 Å². The Balaban J connectivity index is 2.11. The zero-order valence-corrected chi connectivity index (χ0v) is 10.3. The highest BCUT2D eigenvalue weighted by molar-refractivity contribution is 8.01. The van der Waals surface area contributed by atoms with Gasteiger partial charge in [0.15, 0.2) is 0 Å². The standard InChI is InChI=1S/C12H16N2O2S/c13-12(14)11-7-8-9(16-6-2-5-15)3-1-4-10(8)17-11/h1,3-4,11,15H,2,5-7H2,(H3,13,14). The average Bonchev–Trinajstić information content (AvgIpc) is 2.74. The third-order valence-electron chi connectivity index (χ3n) is 2.66. The van der Waals surface area contributed by atoms with Crippen molar-refractivity contribution in [2.75, 3.05) is 13.2 Å². The molecule has 1 aromatic rings. The molecule has 0 fully saturated rings. The van der Waals surface area contributed by atoms with Crippen LogP contribution in [0.5, 0.6) is 5.75 Å². The maximum atomic E-state index is 8.72. The molecule has 0 saturated heterocycles. The van der Waals surface area contributed by atoms with Gasteiger partial charge in [0.1, 0.15) is 11.6 Å². The van der Waals surface area contributed by atoms with E-state index in [4.69, 9.17) is 21.0 Å². The molecule has 1 atom stereocenters. The molecular weight excluding hydrogens is 236 g/mol. The molecular formula is C12H16N2O2S. The Kier molecular flexibility index (Phi) is 3.91. The van der Waals surface area contributed by atoms with Crippen molar-refractivity contribution in [3.63, 3.8) is 0 Å². The summed E-state index contributed by atoms with van der Waals surface area (Å²) in [6.07, 6.45) is 1.39. The van der Waals surface area contributed by atoms with Gasteiger partial charge < -0.3 is 15.6 Å². The van der Waals surface area contributed by atoms with Gasteiger partial charge in [0, 0.05) is 23.5 Å². The van der Waals surface area contributed by atoms with Gasteiger partial charge in [-0.1, -0.05) is 6.07 Å². The Labute approximate surface area is 105 Å². The topological polar surface area (TPSA) is 79.3 Å². The Morgan fingerprint density at radius 2 is 2.41 bits per heavy atom. The van der Waals surface area contributed by atoms with Gasteiger partial charge in [0.25, 0.3) is 0 Å². The first-order chi connectivity index (χ1) is 8.22. The van der Waals surface area contributed by atoms with Crippen LogP contribution in [0, 0.1) is 5.41 Å². The summed E-state index contributed by atoms with van der Waals surface area (Å²) in [5.74, 6) is 1.07. The number of ether oxygens (including phenoxy) is 1. The van der Waals surface area contributed by atoms with E-state index in [9.17, 15) is 0 Å². The van der Waals surface area contributed by atoms with Crippen molar-refractivity contribution in [2.24, 2.45) is 5.73 Å². The molecule has 1 unspecified atom stereocenters. The molecule has 0 aliphatic carbocycles. The first kappa shape index (κ1) is 12.3. The van der Waals surface area contributed by atoms with Crippen LogP contribution in [0.25, 0.3) is 0 Å². The number of hydrogen-bond donors (Lipinski definition) is 3. The molecule has 0 bridgehead atoms. The number of amidine groups is 1. The predicted molar refractivity (Wildman–Crippen MR) is 68.9 cm³/mol. The van der Waals surface area contributed by atoms with Gasteiger partial charge in [-0.3, -0.25) is 5.41 Å². The molecule has 4 nitrogen and oxygen atoms in total. The second-order valence-electron chi connectivity index (χ2n) is 3.92. The number of aliphatic hydroxyl groups is 1. The Bertz CT molecular complexity index is 423. The summed E-state index contributed by atoms with van der Waals surface area (Å²) in [7, 11) is 0. The van der Waals surface area contributed by atoms with Crippen molar-refractivity contribution in [3.05, 3.63) is 23.8 Å². The van der Waals surface area contributed by atoms with E-state index in [2.05, 4.69) is 0 Å². The number of nitrogens with one attached hydrogen (secondary N) is 1. The molecule has 92 valence electrons. The molecule has 1 aliphatic rings. The summed E-state index contributed by atoms with van der Waals surface area (Å²) >= 11 is 1.62. The van der Waals surface area contributed by atoms with Gasteiger partial charge in [-0.15, -0.1) is 11.8 Å². The lowest BCUT2D eigenvalue weighted by Crippen LogP contribution is -2.24. The summed E-state index contributed by atoms with van der Waals surface area (Å²) < 4.78 is 5.63. The number of thioether (sulfide) groups is 1. The van der Waals surface area contributed by atoms with Crippen molar-refractivity contribution >= 4 is 17.6 Å². The molecule has 1 aromatic carbocycles. The molecule has 0 aromatic heterocycles. The Morgan fingerprint density at radius 3 is 3.12 bits per heavy atom. The van der Waals surface area contributed by atoms with E-state index in [-0.39, 0.29) is 17.7 Å². The molecule has 1 heterocycles. The Morgan fingerprint density at radius 1 is 1.59 bits per heavy atom. The summed E-state index contributed by atoms with van der Waals surface area (Å²) in [5.41, 5.74) is 6.67. The lowest BCUT2D eigenvalue weighted by Gasteiger charge is -2.09. The fourth-order valence-corrected chi connectivity index (χ4v) is 2.96. The Hall–Kier alpha value is -1.20. The van der Waals surface area contributed by atoms with E-state index in [1.807, 2.05) is 18.2 Å². The molecule has 1 aliphatic heterocycles. The fraction of sp³-hybridized carbons (Fsp3) is 0.417. The SMILES string of the molecule is N=C(N)C1Cc2c(OCCCO)cccc2S1. The third kappa shape index (κ3) is 2.73. The van der Waals surface area contributed by atoms with Crippen LogP contribution < -0.4 is 10.5 Å². The summed E-state index contributed by atoms with van der Waals surface area (Å²) in [4.78, 5) is 1.15. The second-order valence-corrected chi connectivity index (χ2v) is 5.17. The van der Waals surface area contributed by atoms with Gasteiger partial charge in [0.05, 0.1) is 11.9 Å². The van der Waals surface area contributed by atoms with E-state index in [1.54, 1.807) is 11.8 Å². The predicted octanol–water partition coefficient (Wildman–Crippen LogP) is 1.40. The van der Waals surface area contributed by atoms with Crippen LogP contribution in [0.2, 0.25) is 0 Å². The van der Waals surface area contributed by atoms with Crippen LogP contribution in [-0.2, 0) is 6.42 Å². The van der Waals surface area contributed by atoms with Crippen molar-refractivity contribution in [1.29, 1.82) is 5.41 Å². The number of aliphatic hydroxyl groups excluding tert-OH is 1. The largest absolute Gasteiger partial charge is 0.493 e. The minimum absolute atomic E-state index is 0.0348. The average molecular weight is 252 g/mol. The van der Waals surface area contributed by atoms with Crippen LogP contribution in [0.15, 0.2) is 23.1 Å². The quantitative estimate of drug-likeness (QED) is 0.420. The van der Waals surface area contributed by atoms with Crippen molar-refractivity contribution in [3.8, 4) is 5.75 Å². The monoisotopic (exact) mass is 252 g/mol. The molecule has 0 radical (unpaired) electrons. The van der Waals surface area contributed by atoms with Gasteiger partial charge in [-0.25, -0.2) is 0 Å². The number of benzene rings is 1. The fourth-order valence-electron chi connectivity index (χ4n) is 1.79. The van der Waals surface area contributed by atoms with Gasteiger partial charge in [-0.2, -0.15) is 0 Å². The van der Waals surface area contributed by atoms with Crippen LogP contribution in [0.1, 0.15) is 12.0 Å². The number of hydrogen-bond acceptors (Lipinski definition) is 4. The minimum Gasteiger partial charge on any atom is -0.493 e. The normalized spacial score (nSPS) is 17.8. The van der Waals surface area contributed by atoms with Gasteiger partial charge >= 0.3 is 0 Å². The highest BCUT2D eigenvalue weighted by Crippen LogP contribution is 2.41. The highest BCUT2D eigenvalue weighted by Gasteiger charge is 2.27. The molecule has 0 amide bonds. The van der Waals surface area contributed by atoms with E-state index in [0.29, 0.717) is 13.0 Å². The van der Waals surface area contributed by atoms with Crippen molar-refractivity contribution in [2.45, 2.75) is 23.0 Å². The number of rotatable bonds is 5. The van der Waals surface area contributed by atoms with Gasteiger partial charge in [0.2, 0.25) is 0 Å². The third-order valence-corrected chi connectivity index (χ3v) is 4.00. The lowest BCUT2D eigenvalue weighted by molar-refractivity contribution is 0.232. The molecule has 4 N–H and O–H groups in total. The zero-order chi connectivity index (χ0) is 12.3. The smallest absolute Gasteiger partial charge is 0.123 e. The van der Waals surface area contributed by atoms with E-state index in [1.165, 1.54) is 0 Å². The number of nitrogens with two attached hydrogens (primary N) is 1. The minimum atomic E-state index is 0.0348. The zero-order valence-electron chi connectivity index (χ0n) is 9.48. The second kappa shape index (κ2) is 5.42. The first-order valence-electron chi connectivity index (χ1n) is 5.58. The van der Waals surface area contributed by atoms with E-state index >= 15 is 0 Å². The molecule has 2 rings (SSSR count).